The molecule has 0 unspecified atom stereocenters. The molecule has 4 aromatic carbocycles. The van der Waals surface area contributed by atoms with Gasteiger partial charge in [-0.3, -0.25) is 0 Å². The van der Waals surface area contributed by atoms with Gasteiger partial charge in [0.1, 0.15) is 0 Å². The van der Waals surface area contributed by atoms with Crippen LogP contribution in [0.2, 0.25) is 36.5 Å². The van der Waals surface area contributed by atoms with E-state index < -0.39 is 8.07 Å². The Labute approximate surface area is 349 Å². The van der Waals surface area contributed by atoms with E-state index in [1.54, 1.807) is 0 Å². The van der Waals surface area contributed by atoms with E-state index in [-0.39, 0.29) is 0 Å². The summed E-state index contributed by atoms with van der Waals surface area (Å²) in [7, 11) is -1.07. The monoisotopic (exact) mass is 808 g/mol. The first-order chi connectivity index (χ1) is 27.3. The van der Waals surface area contributed by atoms with Crippen molar-refractivity contribution in [1.82, 2.24) is 0 Å². The Morgan fingerprint density at radius 3 is 1.71 bits per heavy atom. The van der Waals surface area contributed by atoms with Crippen LogP contribution < -0.4 is 0 Å². The summed E-state index contributed by atoms with van der Waals surface area (Å²) in [6, 6.07) is 40.2. The molecule has 0 fully saturated rings. The Bertz CT molecular complexity index is 1760. The van der Waals surface area contributed by atoms with E-state index in [2.05, 4.69) is 161 Å². The predicted octanol–water partition coefficient (Wildman–Crippen LogP) is 15.8. The van der Waals surface area contributed by atoms with Gasteiger partial charge < -0.3 is 5.53 Å². The van der Waals surface area contributed by atoms with Crippen molar-refractivity contribution in [1.29, 1.82) is 0 Å². The molecule has 4 heteroatoms. The van der Waals surface area contributed by atoms with Crippen molar-refractivity contribution >= 4 is 19.5 Å². The van der Waals surface area contributed by atoms with E-state index >= 15 is 0 Å². The average molecular weight is 810 g/mol. The second-order valence-electron chi connectivity index (χ2n) is 16.4. The van der Waals surface area contributed by atoms with Gasteiger partial charge in [0.05, 0.1) is 5.57 Å². The van der Waals surface area contributed by atoms with Crippen LogP contribution in [-0.2, 0) is 40.1 Å². The number of benzene rings is 4. The first-order valence-electron chi connectivity index (χ1n) is 21.6. The van der Waals surface area contributed by atoms with Gasteiger partial charge in [-0.05, 0) is 61.1 Å². The molecular weight excluding hydrogens is 739 g/mol. The van der Waals surface area contributed by atoms with Gasteiger partial charge in [-0.25, -0.2) is 4.70 Å². The minimum absolute atomic E-state index is 0.853. The second kappa shape index (κ2) is 25.6. The number of unbranched alkanes of at least 4 members (excludes halogenated alkanes) is 9. The Hall–Kier alpha value is -3.59. The van der Waals surface area contributed by atoms with Gasteiger partial charge in [-0.15, -0.1) is 0 Å². The molecule has 1 aliphatic heterocycles. The summed E-state index contributed by atoms with van der Waals surface area (Å²) >= 11 is 1.86. The summed E-state index contributed by atoms with van der Waals surface area (Å²) in [5.41, 5.74) is 21.9. The second-order valence-corrected chi connectivity index (χ2v) is 23.5. The van der Waals surface area contributed by atoms with Gasteiger partial charge in [-0.1, -0.05) is 127 Å². The van der Waals surface area contributed by atoms with E-state index in [4.69, 9.17) is 0 Å². The fourth-order valence-electron chi connectivity index (χ4n) is 6.89. The number of hydrogen-bond acceptors (Lipinski definition) is 0. The third kappa shape index (κ3) is 16.9. The van der Waals surface area contributed by atoms with Crippen molar-refractivity contribution in [3.63, 3.8) is 0 Å². The molecule has 1 aliphatic rings. The Morgan fingerprint density at radius 1 is 0.589 bits per heavy atom. The average Bonchev–Trinajstić information content (AvgIpc) is 3.55. The standard InChI is InChI=1S/C36H52N2Si.2C8H9.Ni/c1-6-8-9-10-11-12-13-14-15-16-17-20-34-29-35(33-21-18-19-30(7-2)28-33)38(37)36(34)32-24-22-31(23-25-32)26-27-39(3,4)5;2*1-2-8-6-4-3-5-7-8;/h17-25,28-29H,6-16,26-27H2,1-5H3;2*3-7H,1-2H2;. The molecule has 0 N–H and O–H groups in total. The molecule has 0 saturated heterocycles. The number of allylic oxidation sites excluding steroid dienone is 4. The summed E-state index contributed by atoms with van der Waals surface area (Å²) < 4.78 is 1.41. The minimum atomic E-state index is -1.07. The van der Waals surface area contributed by atoms with Crippen LogP contribution in [-0.4, -0.2) is 12.8 Å². The van der Waals surface area contributed by atoms with Crippen LogP contribution in [0.5, 0.6) is 0 Å². The van der Waals surface area contributed by atoms with E-state index in [9.17, 15) is 5.53 Å². The van der Waals surface area contributed by atoms with Crippen molar-refractivity contribution in [2.24, 2.45) is 0 Å². The first-order valence-corrected chi connectivity index (χ1v) is 26.7. The van der Waals surface area contributed by atoms with Gasteiger partial charge >= 0.3 is 110 Å². The molecule has 0 spiro atoms. The van der Waals surface area contributed by atoms with Gasteiger partial charge in [-0.2, -0.15) is 0 Å². The zero-order valence-electron chi connectivity index (χ0n) is 35.4. The Kier molecular flexibility index (Phi) is 20.6. The van der Waals surface area contributed by atoms with E-state index in [0.29, 0.717) is 0 Å². The van der Waals surface area contributed by atoms with Crippen LogP contribution >= 0.6 is 0 Å². The molecule has 0 atom stereocenters. The predicted molar refractivity (Wildman–Crippen MR) is 244 cm³/mol. The SMILES string of the molecule is CCCCCCCCCCCC=CC1=C(c2ccc(CC[Si](C)(C)C)cc2)[N+](=[N-])C(c2cccc(CC)c2)=C1.c1ccc(C[CH2][Ni][CH2]Cc2ccccc2)cc1. The van der Waals surface area contributed by atoms with Crippen molar-refractivity contribution in [2.75, 3.05) is 0 Å². The van der Waals surface area contributed by atoms with Crippen molar-refractivity contribution in [2.45, 2.75) is 140 Å². The number of rotatable bonds is 23. The molecule has 0 bridgehead atoms. The normalized spacial score (nSPS) is 13.0. The fraction of sp³-hybridized carbons (Fsp3) is 0.423. The molecule has 0 radical (unpaired) electrons. The van der Waals surface area contributed by atoms with E-state index in [1.807, 2.05) is 14.4 Å². The third-order valence-electron chi connectivity index (χ3n) is 10.4. The molecule has 0 aliphatic carbocycles. The Morgan fingerprint density at radius 2 is 1.14 bits per heavy atom. The number of hydrogen-bond donors (Lipinski definition) is 0. The quantitative estimate of drug-likeness (QED) is 0.0405. The fourth-order valence-corrected chi connectivity index (χ4v) is 9.09. The zero-order valence-corrected chi connectivity index (χ0v) is 37.3. The van der Waals surface area contributed by atoms with Gasteiger partial charge in [0.25, 0.3) is 0 Å². The third-order valence-corrected chi connectivity index (χ3v) is 13.4. The first kappa shape index (κ1) is 45.1. The molecule has 2 nitrogen and oxygen atoms in total. The molecule has 56 heavy (non-hydrogen) atoms. The number of nitrogens with zero attached hydrogens (tertiary/aromatic N) is 2. The van der Waals surface area contributed by atoms with Gasteiger partial charge in [0, 0.05) is 25.3 Å². The van der Waals surface area contributed by atoms with Crippen LogP contribution in [0.1, 0.15) is 111 Å². The van der Waals surface area contributed by atoms with Crippen LogP contribution in [0.3, 0.4) is 0 Å². The van der Waals surface area contributed by atoms with Crippen LogP contribution in [0.25, 0.3) is 16.9 Å². The molecule has 1 heterocycles. The molecule has 0 amide bonds. The van der Waals surface area contributed by atoms with Crippen LogP contribution in [0.4, 0.5) is 0 Å². The summed E-state index contributed by atoms with van der Waals surface area (Å²) in [6.45, 7) is 11.8. The van der Waals surface area contributed by atoms with Crippen molar-refractivity contribution < 1.29 is 19.1 Å². The van der Waals surface area contributed by atoms with Crippen LogP contribution in [0, 0.1) is 0 Å². The topological polar surface area (TPSA) is 25.3 Å². The maximum absolute atomic E-state index is 11.4. The van der Waals surface area contributed by atoms with Crippen LogP contribution in [0.15, 0.2) is 133 Å². The summed E-state index contributed by atoms with van der Waals surface area (Å²) in [4.78, 5) is 0. The molecule has 0 saturated carbocycles. The maximum atomic E-state index is 11.4. The Balaban J connectivity index is 0.000000339. The molecule has 5 rings (SSSR count). The summed E-state index contributed by atoms with van der Waals surface area (Å²) in [5, 5.41) is 2.48. The molecule has 4 aromatic rings. The molecular formula is C52H70N2NiSi. The summed E-state index contributed by atoms with van der Waals surface area (Å²) in [5.74, 6) is 0. The van der Waals surface area contributed by atoms with Crippen molar-refractivity contribution in [3.05, 3.63) is 172 Å². The van der Waals surface area contributed by atoms with Gasteiger partial charge in [0.15, 0.2) is 0 Å². The molecule has 0 aromatic heterocycles. The number of aryl methyl sites for hydroxylation is 4. The van der Waals surface area contributed by atoms with E-state index in [0.717, 1.165) is 47.4 Å². The molecule has 302 valence electrons. The zero-order chi connectivity index (χ0) is 39.9. The summed E-state index contributed by atoms with van der Waals surface area (Å²) in [6.07, 6.45) is 24.4. The van der Waals surface area contributed by atoms with Crippen molar-refractivity contribution in [3.8, 4) is 0 Å². The van der Waals surface area contributed by atoms with E-state index in [1.165, 1.54) is 114 Å². The van der Waals surface area contributed by atoms with Gasteiger partial charge in [0.2, 0.25) is 11.4 Å².